The van der Waals surface area contributed by atoms with Crippen LogP contribution in [-0.4, -0.2) is 61.0 Å². The summed E-state index contributed by atoms with van der Waals surface area (Å²) in [7, 11) is 3.85. The molecule has 21 heavy (non-hydrogen) atoms. The van der Waals surface area contributed by atoms with E-state index < -0.39 is 5.82 Å². The van der Waals surface area contributed by atoms with E-state index in [1.807, 2.05) is 6.92 Å². The molecule has 6 heteroatoms. The Morgan fingerprint density at radius 1 is 1.62 bits per heavy atom. The fourth-order valence-corrected chi connectivity index (χ4v) is 2.76. The summed E-state index contributed by atoms with van der Waals surface area (Å²) in [6.07, 6.45) is 2.22. The first-order valence-electron chi connectivity index (χ1n) is 7.34. The van der Waals surface area contributed by atoms with Gasteiger partial charge >= 0.3 is 0 Å². The van der Waals surface area contributed by atoms with Crippen LogP contribution in [0.5, 0.6) is 0 Å². The van der Waals surface area contributed by atoms with E-state index in [1.165, 1.54) is 6.07 Å². The van der Waals surface area contributed by atoms with Gasteiger partial charge in [-0.25, -0.2) is 9.37 Å². The van der Waals surface area contributed by atoms with Crippen molar-refractivity contribution in [1.82, 2.24) is 14.8 Å². The van der Waals surface area contributed by atoms with Gasteiger partial charge in [0.2, 0.25) is 0 Å². The van der Waals surface area contributed by atoms with Crippen molar-refractivity contribution in [2.24, 2.45) is 5.92 Å². The number of amides is 1. The molecule has 1 aromatic heterocycles. The van der Waals surface area contributed by atoms with Crippen molar-refractivity contribution in [3.8, 4) is 0 Å². The van der Waals surface area contributed by atoms with Crippen molar-refractivity contribution in [3.63, 3.8) is 0 Å². The summed E-state index contributed by atoms with van der Waals surface area (Å²) >= 11 is 0. The first-order valence-corrected chi connectivity index (χ1v) is 7.34. The molecule has 1 aliphatic heterocycles. The number of pyridine rings is 1. The maximum atomic E-state index is 13.4. The summed E-state index contributed by atoms with van der Waals surface area (Å²) in [6.45, 7) is 5.30. The van der Waals surface area contributed by atoms with Gasteiger partial charge in [0.25, 0.3) is 5.91 Å². The van der Waals surface area contributed by atoms with E-state index in [2.05, 4.69) is 22.2 Å². The number of nitrogens with zero attached hydrogens (tertiary/aromatic N) is 3. The topological polar surface area (TPSA) is 48.5 Å². The lowest BCUT2D eigenvalue weighted by Crippen LogP contribution is -2.33. The Morgan fingerprint density at radius 2 is 2.38 bits per heavy atom. The number of carbonyl (C=O) groups is 1. The Balaban J connectivity index is 2.09. The van der Waals surface area contributed by atoms with E-state index in [9.17, 15) is 9.18 Å². The highest BCUT2D eigenvalue weighted by Crippen LogP contribution is 2.19. The molecular formula is C15H23FN4O. The van der Waals surface area contributed by atoms with Gasteiger partial charge < -0.3 is 15.1 Å². The third-order valence-electron chi connectivity index (χ3n) is 3.80. The predicted molar refractivity (Wildman–Crippen MR) is 80.9 cm³/mol. The van der Waals surface area contributed by atoms with Gasteiger partial charge in [-0.05, 0) is 38.9 Å². The molecule has 2 heterocycles. The number of rotatable bonds is 5. The summed E-state index contributed by atoms with van der Waals surface area (Å²) in [5.74, 6) is 0.244. The number of likely N-dealkylation sites (tertiary alicyclic amines) is 1. The minimum Gasteiger partial charge on any atom is -0.370 e. The molecule has 1 saturated heterocycles. The third kappa shape index (κ3) is 3.91. The minimum absolute atomic E-state index is 0.187. The Hall–Kier alpha value is -1.69. The lowest BCUT2D eigenvalue weighted by Gasteiger charge is -2.22. The Bertz CT molecular complexity index is 508. The van der Waals surface area contributed by atoms with Crippen molar-refractivity contribution in [2.75, 3.05) is 45.6 Å². The zero-order valence-electron chi connectivity index (χ0n) is 12.9. The summed E-state index contributed by atoms with van der Waals surface area (Å²) in [4.78, 5) is 20.4. The highest BCUT2D eigenvalue weighted by atomic mass is 19.1. The quantitative estimate of drug-likeness (QED) is 0.897. The lowest BCUT2D eigenvalue weighted by atomic mass is 10.1. The van der Waals surface area contributed by atoms with Gasteiger partial charge in [-0.1, -0.05) is 0 Å². The molecule has 0 radical (unpaired) electrons. The molecule has 2 rings (SSSR count). The molecule has 1 fully saturated rings. The zero-order valence-corrected chi connectivity index (χ0v) is 12.9. The van der Waals surface area contributed by atoms with Crippen LogP contribution in [0.2, 0.25) is 0 Å². The summed E-state index contributed by atoms with van der Waals surface area (Å²) in [5.41, 5.74) is 0.297. The molecule has 1 aromatic rings. The van der Waals surface area contributed by atoms with Crippen molar-refractivity contribution >= 4 is 11.7 Å². The lowest BCUT2D eigenvalue weighted by molar-refractivity contribution is 0.0774. The van der Waals surface area contributed by atoms with Crippen LogP contribution in [0.1, 0.15) is 23.7 Å². The van der Waals surface area contributed by atoms with E-state index in [1.54, 1.807) is 11.9 Å². The second-order valence-electron chi connectivity index (χ2n) is 5.68. The summed E-state index contributed by atoms with van der Waals surface area (Å²) < 4.78 is 13.4. The van der Waals surface area contributed by atoms with Crippen molar-refractivity contribution in [2.45, 2.75) is 13.3 Å². The van der Waals surface area contributed by atoms with E-state index in [0.717, 1.165) is 25.7 Å². The number of aromatic nitrogens is 1. The monoisotopic (exact) mass is 294 g/mol. The maximum Gasteiger partial charge on any atom is 0.257 e. The summed E-state index contributed by atoms with van der Waals surface area (Å²) in [5, 5.41) is 3.01. The standard InChI is InChI=1S/C15H23FN4O/c1-4-17-14-13(7-12(16)8-18-14)15(21)20(3)10-11-5-6-19(2)9-11/h7-8,11H,4-6,9-10H2,1-3H3,(H,17,18). The average molecular weight is 294 g/mol. The van der Waals surface area contributed by atoms with Crippen LogP contribution >= 0.6 is 0 Å². The normalized spacial score (nSPS) is 18.8. The van der Waals surface area contributed by atoms with Crippen LogP contribution in [0.3, 0.4) is 0 Å². The molecular weight excluding hydrogens is 271 g/mol. The number of hydrogen-bond acceptors (Lipinski definition) is 4. The van der Waals surface area contributed by atoms with Gasteiger partial charge in [-0.3, -0.25) is 4.79 Å². The fraction of sp³-hybridized carbons (Fsp3) is 0.600. The number of anilines is 1. The molecule has 0 aromatic carbocycles. The number of hydrogen-bond donors (Lipinski definition) is 1. The predicted octanol–water partition coefficient (Wildman–Crippen LogP) is 1.68. The molecule has 1 unspecified atom stereocenters. The van der Waals surface area contributed by atoms with Crippen LogP contribution in [0.15, 0.2) is 12.3 Å². The third-order valence-corrected chi connectivity index (χ3v) is 3.80. The highest BCUT2D eigenvalue weighted by molar-refractivity contribution is 5.98. The highest BCUT2D eigenvalue weighted by Gasteiger charge is 2.24. The van der Waals surface area contributed by atoms with Crippen molar-refractivity contribution in [1.29, 1.82) is 0 Å². The fourth-order valence-electron chi connectivity index (χ4n) is 2.76. The molecule has 5 nitrogen and oxygen atoms in total. The van der Waals surface area contributed by atoms with Gasteiger partial charge in [0.15, 0.2) is 0 Å². The van der Waals surface area contributed by atoms with Crippen molar-refractivity contribution < 1.29 is 9.18 Å². The number of carbonyl (C=O) groups excluding carboxylic acids is 1. The molecule has 0 saturated carbocycles. The average Bonchev–Trinajstić information content (AvgIpc) is 2.85. The molecule has 1 atom stereocenters. The van der Waals surface area contributed by atoms with Crippen molar-refractivity contribution in [3.05, 3.63) is 23.6 Å². The molecule has 1 N–H and O–H groups in total. The second-order valence-corrected chi connectivity index (χ2v) is 5.68. The van der Waals surface area contributed by atoms with Crippen LogP contribution < -0.4 is 5.32 Å². The first-order chi connectivity index (χ1) is 10.0. The van der Waals surface area contributed by atoms with E-state index >= 15 is 0 Å². The van der Waals surface area contributed by atoms with Gasteiger partial charge in [-0.15, -0.1) is 0 Å². The van der Waals surface area contributed by atoms with Crippen LogP contribution in [0.4, 0.5) is 10.2 Å². The zero-order chi connectivity index (χ0) is 15.4. The van der Waals surface area contributed by atoms with Gasteiger partial charge in [0.1, 0.15) is 11.6 Å². The summed E-state index contributed by atoms with van der Waals surface area (Å²) in [6, 6.07) is 1.25. The largest absolute Gasteiger partial charge is 0.370 e. The van der Waals surface area contributed by atoms with Gasteiger partial charge in [0, 0.05) is 26.7 Å². The molecule has 1 aliphatic rings. The minimum atomic E-state index is -0.492. The van der Waals surface area contributed by atoms with E-state index in [0.29, 0.717) is 30.4 Å². The van der Waals surface area contributed by atoms with E-state index in [4.69, 9.17) is 0 Å². The SMILES string of the molecule is CCNc1ncc(F)cc1C(=O)N(C)CC1CCN(C)C1. The smallest absolute Gasteiger partial charge is 0.257 e. The second kappa shape index (κ2) is 6.85. The molecule has 0 bridgehead atoms. The Labute approximate surface area is 125 Å². The maximum absolute atomic E-state index is 13.4. The van der Waals surface area contributed by atoms with Gasteiger partial charge in [-0.2, -0.15) is 0 Å². The molecule has 0 aliphatic carbocycles. The van der Waals surface area contributed by atoms with Gasteiger partial charge in [0.05, 0.1) is 11.8 Å². The Kier molecular flexibility index (Phi) is 5.12. The van der Waals surface area contributed by atoms with E-state index in [-0.39, 0.29) is 5.91 Å². The van der Waals surface area contributed by atoms with Crippen LogP contribution in [-0.2, 0) is 0 Å². The molecule has 116 valence electrons. The molecule has 0 spiro atoms. The van der Waals surface area contributed by atoms with Crippen LogP contribution in [0.25, 0.3) is 0 Å². The number of nitrogens with one attached hydrogen (secondary N) is 1. The number of halogens is 1. The molecule has 1 amide bonds. The Morgan fingerprint density at radius 3 is 3.00 bits per heavy atom. The van der Waals surface area contributed by atoms with Crippen LogP contribution in [0, 0.1) is 11.7 Å². The first kappa shape index (κ1) is 15.7.